The van der Waals surface area contributed by atoms with Gasteiger partial charge in [-0.3, -0.25) is 9.56 Å². The molecule has 3 aromatic rings. The van der Waals surface area contributed by atoms with Gasteiger partial charge in [-0.05, 0) is 30.2 Å². The Morgan fingerprint density at radius 3 is 2.65 bits per heavy atom. The summed E-state index contributed by atoms with van der Waals surface area (Å²) in [6.45, 7) is 4.33. The zero-order valence-electron chi connectivity index (χ0n) is 18.0. The van der Waals surface area contributed by atoms with E-state index in [1.807, 2.05) is 42.1 Å². The molecule has 1 aromatic carbocycles. The van der Waals surface area contributed by atoms with Gasteiger partial charge in [0.1, 0.15) is 24.5 Å². The van der Waals surface area contributed by atoms with Crippen molar-refractivity contribution in [3.8, 4) is 11.6 Å². The van der Waals surface area contributed by atoms with Crippen LogP contribution in [-0.2, 0) is 17.8 Å². The number of halogens is 1. The summed E-state index contributed by atoms with van der Waals surface area (Å²) in [4.78, 5) is 12.8. The normalized spacial score (nSPS) is 11.0. The third-order valence-corrected chi connectivity index (χ3v) is 4.48. The highest BCUT2D eigenvalue weighted by atomic mass is 127. The van der Waals surface area contributed by atoms with Crippen LogP contribution in [0.4, 0.5) is 0 Å². The van der Waals surface area contributed by atoms with Crippen LogP contribution in [0.1, 0.15) is 16.7 Å². The number of nitrogens with one attached hydrogen (secondary N) is 2. The number of hydrogen-bond donors (Lipinski definition) is 2. The number of methoxy groups -OCH3 is 1. The first-order valence-corrected chi connectivity index (χ1v) is 9.78. The van der Waals surface area contributed by atoms with E-state index in [1.54, 1.807) is 26.7 Å². The van der Waals surface area contributed by atoms with Crippen molar-refractivity contribution in [1.29, 1.82) is 0 Å². The number of rotatable bonds is 9. The number of aliphatic imine (C=N–C) groups is 1. The molecule has 2 heterocycles. The molecule has 3 rings (SSSR count). The van der Waals surface area contributed by atoms with Gasteiger partial charge in [0.05, 0.1) is 6.61 Å². The number of aromatic nitrogens is 3. The molecule has 0 fully saturated rings. The minimum Gasteiger partial charge on any atom is -0.491 e. The van der Waals surface area contributed by atoms with Gasteiger partial charge in [-0.1, -0.05) is 18.2 Å². The zero-order chi connectivity index (χ0) is 21.2. The van der Waals surface area contributed by atoms with Crippen LogP contribution in [0.2, 0.25) is 0 Å². The molecule has 0 atom stereocenters. The van der Waals surface area contributed by atoms with Gasteiger partial charge in [-0.25, -0.2) is 9.97 Å². The van der Waals surface area contributed by atoms with E-state index in [4.69, 9.17) is 9.47 Å². The topological polar surface area (TPSA) is 85.6 Å². The maximum absolute atomic E-state index is 5.86. The third kappa shape index (κ3) is 7.51. The monoisotopic (exact) mass is 536 g/mol. The zero-order valence-corrected chi connectivity index (χ0v) is 20.4. The number of ether oxygens (including phenoxy) is 2. The molecule has 0 unspecified atom stereocenters. The summed E-state index contributed by atoms with van der Waals surface area (Å²) in [6, 6.07) is 10.2. The van der Waals surface area contributed by atoms with E-state index in [-0.39, 0.29) is 24.0 Å². The van der Waals surface area contributed by atoms with Crippen molar-refractivity contribution in [1.82, 2.24) is 25.2 Å². The van der Waals surface area contributed by atoms with E-state index in [1.165, 1.54) is 0 Å². The van der Waals surface area contributed by atoms with Gasteiger partial charge in [-0.15, -0.1) is 24.0 Å². The summed E-state index contributed by atoms with van der Waals surface area (Å²) in [5.74, 6) is 2.39. The second-order valence-electron chi connectivity index (χ2n) is 6.73. The minimum atomic E-state index is 0. The van der Waals surface area contributed by atoms with Gasteiger partial charge in [-0.2, -0.15) is 0 Å². The van der Waals surface area contributed by atoms with E-state index in [2.05, 4.69) is 37.7 Å². The molecule has 2 N–H and O–H groups in total. The van der Waals surface area contributed by atoms with Gasteiger partial charge in [0.2, 0.25) is 0 Å². The summed E-state index contributed by atoms with van der Waals surface area (Å²) < 4.78 is 12.8. The fourth-order valence-electron chi connectivity index (χ4n) is 2.83. The highest BCUT2D eigenvalue weighted by Gasteiger charge is 2.06. The average molecular weight is 536 g/mol. The predicted molar refractivity (Wildman–Crippen MR) is 132 cm³/mol. The highest BCUT2D eigenvalue weighted by Crippen LogP contribution is 2.20. The lowest BCUT2D eigenvalue weighted by atomic mass is 10.1. The van der Waals surface area contributed by atoms with Crippen molar-refractivity contribution >= 4 is 29.9 Å². The van der Waals surface area contributed by atoms with Crippen LogP contribution in [0, 0.1) is 6.92 Å². The number of guanidine groups is 1. The Labute approximate surface area is 200 Å². The number of aryl methyl sites for hydroxylation is 1. The predicted octanol–water partition coefficient (Wildman–Crippen LogP) is 3.08. The van der Waals surface area contributed by atoms with E-state index in [0.717, 1.165) is 28.3 Å². The summed E-state index contributed by atoms with van der Waals surface area (Å²) in [5.41, 5.74) is 3.27. The molecule has 8 nitrogen and oxygen atoms in total. The second-order valence-corrected chi connectivity index (χ2v) is 6.73. The molecule has 0 radical (unpaired) electrons. The molecule has 0 saturated heterocycles. The molecule has 31 heavy (non-hydrogen) atoms. The Morgan fingerprint density at radius 1 is 1.13 bits per heavy atom. The van der Waals surface area contributed by atoms with Crippen molar-refractivity contribution < 1.29 is 9.47 Å². The molecule has 0 saturated carbocycles. The molecule has 2 aromatic heterocycles. The van der Waals surface area contributed by atoms with Crippen LogP contribution in [0.15, 0.2) is 60.2 Å². The van der Waals surface area contributed by atoms with Crippen molar-refractivity contribution in [2.75, 3.05) is 27.4 Å². The van der Waals surface area contributed by atoms with Crippen LogP contribution < -0.4 is 15.4 Å². The molecule has 166 valence electrons. The maximum atomic E-state index is 5.86. The minimum absolute atomic E-state index is 0. The molecule has 0 aliphatic heterocycles. The van der Waals surface area contributed by atoms with Gasteiger partial charge < -0.3 is 20.1 Å². The number of benzene rings is 1. The molecule has 9 heteroatoms. The van der Waals surface area contributed by atoms with E-state index in [9.17, 15) is 0 Å². The van der Waals surface area contributed by atoms with Gasteiger partial charge in [0.15, 0.2) is 5.96 Å². The summed E-state index contributed by atoms with van der Waals surface area (Å²) in [6.07, 6.45) is 7.17. The Balaban J connectivity index is 0.00000341. The van der Waals surface area contributed by atoms with Crippen LogP contribution in [0.25, 0.3) is 5.82 Å². The van der Waals surface area contributed by atoms with E-state index >= 15 is 0 Å². The number of pyridine rings is 1. The first-order valence-electron chi connectivity index (χ1n) is 9.78. The van der Waals surface area contributed by atoms with Crippen molar-refractivity contribution in [2.45, 2.75) is 20.0 Å². The molecule has 0 amide bonds. The summed E-state index contributed by atoms with van der Waals surface area (Å²) in [5, 5.41) is 6.65. The molecule has 0 spiro atoms. The molecular weight excluding hydrogens is 507 g/mol. The van der Waals surface area contributed by atoms with Crippen molar-refractivity contribution in [2.24, 2.45) is 4.99 Å². The lowest BCUT2D eigenvalue weighted by Crippen LogP contribution is -2.36. The van der Waals surface area contributed by atoms with Crippen LogP contribution in [0.5, 0.6) is 5.75 Å². The quantitative estimate of drug-likeness (QED) is 0.189. The molecule has 0 aliphatic carbocycles. The Morgan fingerprint density at radius 2 is 1.97 bits per heavy atom. The summed E-state index contributed by atoms with van der Waals surface area (Å²) in [7, 11) is 3.42. The van der Waals surface area contributed by atoms with Gasteiger partial charge in [0, 0.05) is 51.4 Å². The average Bonchev–Trinajstić information content (AvgIpc) is 3.30. The largest absolute Gasteiger partial charge is 0.491 e. The Bertz CT molecular complexity index is 945. The van der Waals surface area contributed by atoms with E-state index in [0.29, 0.717) is 32.3 Å². The lowest BCUT2D eigenvalue weighted by Gasteiger charge is -2.15. The molecule has 0 bridgehead atoms. The fraction of sp³-hybridized carbons (Fsp3) is 0.318. The fourth-order valence-corrected chi connectivity index (χ4v) is 2.83. The Kier molecular flexibility index (Phi) is 10.2. The number of imidazole rings is 1. The maximum Gasteiger partial charge on any atom is 0.191 e. The van der Waals surface area contributed by atoms with Crippen LogP contribution >= 0.6 is 24.0 Å². The SMILES string of the molecule is CN=C(NCc1ccc(-n2ccnc2)nc1)NCc1ccc(C)cc1OCCOC.I. The molecular formula is C22H29IN6O2. The number of hydrogen-bond acceptors (Lipinski definition) is 5. The summed E-state index contributed by atoms with van der Waals surface area (Å²) >= 11 is 0. The number of nitrogens with zero attached hydrogens (tertiary/aromatic N) is 4. The standard InChI is InChI=1S/C22H28N6O2.HI/c1-17-4-6-19(20(12-17)30-11-10-29-3)15-27-22(23-2)26-14-18-5-7-21(25-13-18)28-9-8-24-16-28;/h4-9,12-13,16H,10-11,14-15H2,1-3H3,(H2,23,26,27);1H. The first kappa shape index (κ1) is 24.6. The highest BCUT2D eigenvalue weighted by molar-refractivity contribution is 14.0. The molecule has 0 aliphatic rings. The van der Waals surface area contributed by atoms with Gasteiger partial charge >= 0.3 is 0 Å². The second kappa shape index (κ2) is 12.9. The Hall–Kier alpha value is -2.66. The van der Waals surface area contributed by atoms with Crippen molar-refractivity contribution in [3.05, 3.63) is 71.9 Å². The lowest BCUT2D eigenvalue weighted by molar-refractivity contribution is 0.145. The third-order valence-electron chi connectivity index (χ3n) is 4.48. The van der Waals surface area contributed by atoms with Gasteiger partial charge in [0.25, 0.3) is 0 Å². The van der Waals surface area contributed by atoms with E-state index < -0.39 is 0 Å². The smallest absolute Gasteiger partial charge is 0.191 e. The first-order chi connectivity index (χ1) is 14.7. The van der Waals surface area contributed by atoms with Crippen LogP contribution in [-0.4, -0.2) is 47.9 Å². The van der Waals surface area contributed by atoms with Crippen molar-refractivity contribution in [3.63, 3.8) is 0 Å². The van der Waals surface area contributed by atoms with Crippen LogP contribution in [0.3, 0.4) is 0 Å².